The van der Waals surface area contributed by atoms with Crippen molar-refractivity contribution in [3.8, 4) is 5.75 Å². The van der Waals surface area contributed by atoms with Crippen molar-refractivity contribution in [2.75, 3.05) is 0 Å². The van der Waals surface area contributed by atoms with Gasteiger partial charge in [-0.15, -0.1) is 0 Å². The summed E-state index contributed by atoms with van der Waals surface area (Å²) in [5, 5.41) is 0. The van der Waals surface area contributed by atoms with E-state index in [0.717, 1.165) is 5.75 Å². The maximum atomic E-state index is 6.24. The fourth-order valence-electron chi connectivity index (χ4n) is 2.14. The van der Waals surface area contributed by atoms with E-state index in [1.165, 1.54) is 24.8 Å². The monoisotopic (exact) mass is 219 g/mol. The van der Waals surface area contributed by atoms with E-state index in [4.69, 9.17) is 10.5 Å². The summed E-state index contributed by atoms with van der Waals surface area (Å²) in [7, 11) is 0. The number of hydrogen-bond donors (Lipinski definition) is 1. The molecule has 0 spiro atoms. The van der Waals surface area contributed by atoms with Crippen LogP contribution in [-0.4, -0.2) is 6.10 Å². The summed E-state index contributed by atoms with van der Waals surface area (Å²) in [4.78, 5) is 0. The predicted octanol–water partition coefficient (Wildman–Crippen LogP) is 3.27. The molecule has 1 fully saturated rings. The van der Waals surface area contributed by atoms with Crippen LogP contribution in [0.2, 0.25) is 0 Å². The lowest BCUT2D eigenvalue weighted by molar-refractivity contribution is 0.240. The number of hydrogen-bond acceptors (Lipinski definition) is 2. The highest BCUT2D eigenvalue weighted by molar-refractivity contribution is 5.31. The highest BCUT2D eigenvalue weighted by Crippen LogP contribution is 2.36. The second kappa shape index (κ2) is 4.88. The third kappa shape index (κ3) is 2.56. The van der Waals surface area contributed by atoms with Crippen LogP contribution in [0.5, 0.6) is 5.75 Å². The summed E-state index contributed by atoms with van der Waals surface area (Å²) in [6.45, 7) is 4.08. The molecule has 1 saturated carbocycles. The van der Waals surface area contributed by atoms with Gasteiger partial charge in [-0.25, -0.2) is 0 Å². The average Bonchev–Trinajstić information content (AvgIpc) is 2.14. The second-order valence-corrected chi connectivity index (χ2v) is 4.96. The normalized spacial score (nSPS) is 18.2. The molecule has 1 aromatic rings. The molecule has 1 unspecified atom stereocenters. The van der Waals surface area contributed by atoms with Crippen molar-refractivity contribution < 1.29 is 4.74 Å². The van der Waals surface area contributed by atoms with E-state index in [9.17, 15) is 0 Å². The summed E-state index contributed by atoms with van der Waals surface area (Å²) < 4.78 is 5.68. The molecule has 1 aliphatic rings. The molecule has 2 heteroatoms. The second-order valence-electron chi connectivity index (χ2n) is 4.96. The predicted molar refractivity (Wildman–Crippen MR) is 66.5 cm³/mol. The molecule has 0 amide bonds. The Bertz CT molecular complexity index is 344. The van der Waals surface area contributed by atoms with Crippen LogP contribution in [-0.2, 0) is 0 Å². The minimum absolute atomic E-state index is 0.185. The van der Waals surface area contributed by atoms with Gasteiger partial charge >= 0.3 is 0 Å². The molecule has 0 radical (unpaired) electrons. The maximum Gasteiger partial charge on any atom is 0.120 e. The van der Waals surface area contributed by atoms with Crippen molar-refractivity contribution in [3.63, 3.8) is 0 Å². The standard InChI is InChI=1S/C14H21NO/c1-10(2)16-13-8-4-7-12(9-13)14(15)11-5-3-6-11/h4,7-11,14H,3,5-6,15H2,1-2H3. The molecule has 0 heterocycles. The van der Waals surface area contributed by atoms with Crippen LogP contribution in [0.25, 0.3) is 0 Å². The third-order valence-electron chi connectivity index (χ3n) is 3.27. The smallest absolute Gasteiger partial charge is 0.120 e. The molecule has 0 saturated heterocycles. The first-order valence-corrected chi connectivity index (χ1v) is 6.19. The van der Waals surface area contributed by atoms with E-state index in [0.29, 0.717) is 5.92 Å². The van der Waals surface area contributed by atoms with Crippen molar-refractivity contribution in [2.45, 2.75) is 45.3 Å². The van der Waals surface area contributed by atoms with Crippen LogP contribution in [0.1, 0.15) is 44.7 Å². The topological polar surface area (TPSA) is 35.2 Å². The van der Waals surface area contributed by atoms with E-state index in [1.807, 2.05) is 26.0 Å². The summed E-state index contributed by atoms with van der Waals surface area (Å²) in [5.41, 5.74) is 7.46. The van der Waals surface area contributed by atoms with Gasteiger partial charge in [0.1, 0.15) is 5.75 Å². The summed E-state index contributed by atoms with van der Waals surface area (Å²) in [6, 6.07) is 8.41. The van der Waals surface area contributed by atoms with Crippen molar-refractivity contribution in [3.05, 3.63) is 29.8 Å². The van der Waals surface area contributed by atoms with Crippen molar-refractivity contribution >= 4 is 0 Å². The van der Waals surface area contributed by atoms with Gasteiger partial charge in [-0.1, -0.05) is 18.6 Å². The molecule has 16 heavy (non-hydrogen) atoms. The Hall–Kier alpha value is -1.02. The minimum atomic E-state index is 0.185. The first-order valence-electron chi connectivity index (χ1n) is 6.19. The molecular weight excluding hydrogens is 198 g/mol. The van der Waals surface area contributed by atoms with E-state index in [1.54, 1.807) is 0 Å². The Balaban J connectivity index is 2.08. The lowest BCUT2D eigenvalue weighted by atomic mass is 9.77. The van der Waals surface area contributed by atoms with E-state index in [-0.39, 0.29) is 12.1 Å². The van der Waals surface area contributed by atoms with Crippen LogP contribution < -0.4 is 10.5 Å². The Labute approximate surface area is 97.8 Å². The Morgan fingerprint density at radius 2 is 2.06 bits per heavy atom. The molecule has 1 atom stereocenters. The summed E-state index contributed by atoms with van der Waals surface area (Å²) >= 11 is 0. The van der Waals surface area contributed by atoms with Crippen LogP contribution in [0.3, 0.4) is 0 Å². The Morgan fingerprint density at radius 1 is 1.31 bits per heavy atom. The number of nitrogens with two attached hydrogens (primary N) is 1. The van der Waals surface area contributed by atoms with Crippen molar-refractivity contribution in [1.29, 1.82) is 0 Å². The van der Waals surface area contributed by atoms with Gasteiger partial charge < -0.3 is 10.5 Å². The van der Waals surface area contributed by atoms with Gasteiger partial charge in [0.2, 0.25) is 0 Å². The zero-order chi connectivity index (χ0) is 11.5. The minimum Gasteiger partial charge on any atom is -0.491 e. The van der Waals surface area contributed by atoms with Gasteiger partial charge in [-0.05, 0) is 50.3 Å². The summed E-state index contributed by atoms with van der Waals surface area (Å²) in [6.07, 6.45) is 4.10. The summed E-state index contributed by atoms with van der Waals surface area (Å²) in [5.74, 6) is 1.61. The van der Waals surface area contributed by atoms with E-state index < -0.39 is 0 Å². The van der Waals surface area contributed by atoms with Crippen molar-refractivity contribution in [1.82, 2.24) is 0 Å². The van der Waals surface area contributed by atoms with E-state index >= 15 is 0 Å². The molecule has 0 aromatic heterocycles. The van der Waals surface area contributed by atoms with Gasteiger partial charge in [0, 0.05) is 6.04 Å². The molecule has 2 rings (SSSR count). The first kappa shape index (κ1) is 11.5. The number of rotatable bonds is 4. The van der Waals surface area contributed by atoms with Gasteiger partial charge in [0.15, 0.2) is 0 Å². The van der Waals surface area contributed by atoms with Crippen LogP contribution in [0.4, 0.5) is 0 Å². The Morgan fingerprint density at radius 3 is 2.62 bits per heavy atom. The van der Waals surface area contributed by atoms with Crippen LogP contribution in [0.15, 0.2) is 24.3 Å². The molecule has 2 nitrogen and oxygen atoms in total. The quantitative estimate of drug-likeness (QED) is 0.843. The third-order valence-corrected chi connectivity index (χ3v) is 3.27. The molecular formula is C14H21NO. The Kier molecular flexibility index (Phi) is 3.49. The zero-order valence-electron chi connectivity index (χ0n) is 10.1. The zero-order valence-corrected chi connectivity index (χ0v) is 10.1. The molecule has 0 aliphatic heterocycles. The van der Waals surface area contributed by atoms with Gasteiger partial charge in [-0.3, -0.25) is 0 Å². The van der Waals surface area contributed by atoms with E-state index in [2.05, 4.69) is 12.1 Å². The number of ether oxygens (including phenoxy) is 1. The fraction of sp³-hybridized carbons (Fsp3) is 0.571. The average molecular weight is 219 g/mol. The highest BCUT2D eigenvalue weighted by Gasteiger charge is 2.25. The molecule has 2 N–H and O–H groups in total. The van der Waals surface area contributed by atoms with Gasteiger partial charge in [-0.2, -0.15) is 0 Å². The molecule has 1 aromatic carbocycles. The molecule has 0 bridgehead atoms. The lowest BCUT2D eigenvalue weighted by Gasteiger charge is -2.31. The van der Waals surface area contributed by atoms with Gasteiger partial charge in [0.05, 0.1) is 6.10 Å². The highest BCUT2D eigenvalue weighted by atomic mass is 16.5. The maximum absolute atomic E-state index is 6.24. The fourth-order valence-corrected chi connectivity index (χ4v) is 2.14. The molecule has 88 valence electrons. The van der Waals surface area contributed by atoms with Gasteiger partial charge in [0.25, 0.3) is 0 Å². The van der Waals surface area contributed by atoms with Crippen LogP contribution >= 0.6 is 0 Å². The lowest BCUT2D eigenvalue weighted by Crippen LogP contribution is -2.26. The number of benzene rings is 1. The van der Waals surface area contributed by atoms with Crippen LogP contribution in [0, 0.1) is 5.92 Å². The van der Waals surface area contributed by atoms with Crippen molar-refractivity contribution in [2.24, 2.45) is 11.7 Å². The SMILES string of the molecule is CC(C)Oc1cccc(C(N)C2CCC2)c1. The first-order chi connectivity index (χ1) is 7.66. The molecule has 1 aliphatic carbocycles. The largest absolute Gasteiger partial charge is 0.491 e.